The van der Waals surface area contributed by atoms with E-state index < -0.39 is 0 Å². The van der Waals surface area contributed by atoms with Crippen LogP contribution in [0.1, 0.15) is 91.9 Å². The first kappa shape index (κ1) is 32.1. The van der Waals surface area contributed by atoms with Crippen LogP contribution >= 0.6 is 0 Å². The standard InChI is InChI=1S/2C12H19.2ClH.Zr/c2*1-3-4-5-8-11(2)12-9-6-7-10-12;;;/h2*6,9,11H,3-5,7-8H2,1-2H3;2*1H;/q2*-1;;;+4/p-2. The summed E-state index contributed by atoms with van der Waals surface area (Å²) in [4.78, 5) is 0. The van der Waals surface area contributed by atoms with Crippen LogP contribution in [0.15, 0.2) is 35.5 Å². The quantitative estimate of drug-likeness (QED) is 0.325. The first-order valence-electron chi connectivity index (χ1n) is 10.2. The van der Waals surface area contributed by atoms with Crippen LogP contribution in [0.2, 0.25) is 0 Å². The summed E-state index contributed by atoms with van der Waals surface area (Å²) in [6, 6.07) is 0. The predicted molar refractivity (Wildman–Crippen MR) is 108 cm³/mol. The Bertz CT molecular complexity index is 407. The molecule has 0 heterocycles. The summed E-state index contributed by atoms with van der Waals surface area (Å²) in [5, 5.41) is 0. The first-order valence-corrected chi connectivity index (χ1v) is 10.2. The number of halogens is 2. The maximum atomic E-state index is 3.39. The third-order valence-corrected chi connectivity index (χ3v) is 4.99. The molecule has 0 spiro atoms. The Hall–Kier alpha value is 0.423. The minimum absolute atomic E-state index is 0. The van der Waals surface area contributed by atoms with Gasteiger partial charge in [-0.1, -0.05) is 78.1 Å². The fraction of sp³-hybridized carbons (Fsp3) is 0.667. The van der Waals surface area contributed by atoms with Crippen molar-refractivity contribution in [2.75, 3.05) is 0 Å². The Morgan fingerprint density at radius 3 is 1.37 bits per heavy atom. The van der Waals surface area contributed by atoms with Gasteiger partial charge in [0.2, 0.25) is 0 Å². The van der Waals surface area contributed by atoms with E-state index >= 15 is 0 Å². The maximum absolute atomic E-state index is 3.39. The predicted octanol–water partition coefficient (Wildman–Crippen LogP) is 1.79. The SMILES string of the molecule is CCCCCC(C)C1=[C-]CC=C1.CCCCCC(C)C1=[C-]CC=C1.[Cl-].[Cl-].[Zr+4]. The zero-order chi connectivity index (χ0) is 17.6. The fourth-order valence-corrected chi connectivity index (χ4v) is 3.23. The molecular formula is C24H38Cl2Zr. The number of rotatable bonds is 10. The Morgan fingerprint density at radius 2 is 1.11 bits per heavy atom. The van der Waals surface area contributed by atoms with E-state index in [1.54, 1.807) is 0 Å². The normalized spacial score (nSPS) is 16.0. The molecule has 2 rings (SSSR count). The third kappa shape index (κ3) is 15.0. The molecule has 2 aliphatic carbocycles. The van der Waals surface area contributed by atoms with Gasteiger partial charge >= 0.3 is 26.2 Å². The summed E-state index contributed by atoms with van der Waals surface area (Å²) in [5.41, 5.74) is 2.87. The molecule has 0 bridgehead atoms. The molecule has 0 aromatic rings. The van der Waals surface area contributed by atoms with E-state index in [1.807, 2.05) is 0 Å². The van der Waals surface area contributed by atoms with Crippen molar-refractivity contribution in [3.63, 3.8) is 0 Å². The van der Waals surface area contributed by atoms with E-state index in [-0.39, 0.29) is 51.0 Å². The second-order valence-corrected chi connectivity index (χ2v) is 7.27. The summed E-state index contributed by atoms with van der Waals surface area (Å²) in [5.74, 6) is 1.46. The van der Waals surface area contributed by atoms with Gasteiger partial charge in [0.05, 0.1) is 0 Å². The van der Waals surface area contributed by atoms with E-state index in [9.17, 15) is 0 Å². The van der Waals surface area contributed by atoms with Crippen LogP contribution < -0.4 is 24.8 Å². The third-order valence-electron chi connectivity index (χ3n) is 4.99. The molecule has 152 valence electrons. The molecule has 0 saturated heterocycles. The zero-order valence-corrected chi connectivity index (χ0v) is 21.8. The van der Waals surface area contributed by atoms with Crippen LogP contribution in [0.5, 0.6) is 0 Å². The number of unbranched alkanes of at least 4 members (excludes halogenated alkanes) is 4. The van der Waals surface area contributed by atoms with Gasteiger partial charge in [0.15, 0.2) is 0 Å². The molecule has 2 atom stereocenters. The van der Waals surface area contributed by atoms with Crippen LogP contribution in [0.25, 0.3) is 0 Å². The van der Waals surface area contributed by atoms with Crippen LogP contribution in [0, 0.1) is 24.0 Å². The molecule has 0 nitrogen and oxygen atoms in total. The van der Waals surface area contributed by atoms with Gasteiger partial charge in [-0.05, 0) is 12.8 Å². The zero-order valence-electron chi connectivity index (χ0n) is 17.8. The largest absolute Gasteiger partial charge is 4.00 e. The van der Waals surface area contributed by atoms with Gasteiger partial charge < -0.3 is 24.8 Å². The minimum atomic E-state index is 0. The molecule has 0 aliphatic heterocycles. The van der Waals surface area contributed by atoms with Crippen LogP contribution in [0.3, 0.4) is 0 Å². The minimum Gasteiger partial charge on any atom is -1.00 e. The first-order chi connectivity index (χ1) is 11.7. The molecule has 27 heavy (non-hydrogen) atoms. The molecule has 0 fully saturated rings. The van der Waals surface area contributed by atoms with Crippen LogP contribution in [-0.4, -0.2) is 0 Å². The Balaban J connectivity index is -0.000000384. The van der Waals surface area contributed by atoms with E-state index in [2.05, 4.69) is 64.2 Å². The van der Waals surface area contributed by atoms with Gasteiger partial charge in [-0.25, -0.2) is 23.3 Å². The molecule has 0 saturated carbocycles. The summed E-state index contributed by atoms with van der Waals surface area (Å²) in [6.07, 6.45) is 28.5. The topological polar surface area (TPSA) is 0 Å². The van der Waals surface area contributed by atoms with E-state index in [4.69, 9.17) is 0 Å². The number of hydrogen-bond donors (Lipinski definition) is 0. The van der Waals surface area contributed by atoms with E-state index in [0.29, 0.717) is 0 Å². The average Bonchev–Trinajstić information content (AvgIpc) is 3.29. The van der Waals surface area contributed by atoms with E-state index in [1.165, 1.54) is 62.5 Å². The van der Waals surface area contributed by atoms with Crippen molar-refractivity contribution in [1.82, 2.24) is 0 Å². The molecule has 2 unspecified atom stereocenters. The molecule has 0 aromatic heterocycles. The van der Waals surface area contributed by atoms with Crippen LogP contribution in [-0.2, 0) is 26.2 Å². The van der Waals surface area contributed by atoms with Crippen molar-refractivity contribution in [1.29, 1.82) is 0 Å². The second-order valence-electron chi connectivity index (χ2n) is 7.27. The van der Waals surface area contributed by atoms with Crippen molar-refractivity contribution in [3.8, 4) is 0 Å². The summed E-state index contributed by atoms with van der Waals surface area (Å²) < 4.78 is 0. The van der Waals surface area contributed by atoms with Gasteiger partial charge in [0.25, 0.3) is 0 Å². The van der Waals surface area contributed by atoms with Gasteiger partial charge in [-0.15, -0.1) is 12.8 Å². The Morgan fingerprint density at radius 1 is 0.741 bits per heavy atom. The van der Waals surface area contributed by atoms with Gasteiger partial charge in [0, 0.05) is 0 Å². The Labute approximate surface area is 201 Å². The number of hydrogen-bond acceptors (Lipinski definition) is 0. The second kappa shape index (κ2) is 21.1. The average molecular weight is 489 g/mol. The number of allylic oxidation sites excluding steroid dienone is 8. The van der Waals surface area contributed by atoms with Crippen molar-refractivity contribution < 1.29 is 51.0 Å². The molecule has 0 N–H and O–H groups in total. The molecule has 3 heteroatoms. The van der Waals surface area contributed by atoms with Crippen molar-refractivity contribution >= 4 is 0 Å². The summed E-state index contributed by atoms with van der Waals surface area (Å²) in [7, 11) is 0. The smallest absolute Gasteiger partial charge is 1.00 e. The van der Waals surface area contributed by atoms with Gasteiger partial charge in [-0.3, -0.25) is 12.2 Å². The van der Waals surface area contributed by atoms with Gasteiger partial charge in [-0.2, -0.15) is 12.2 Å². The maximum Gasteiger partial charge on any atom is 4.00 e. The van der Waals surface area contributed by atoms with E-state index in [0.717, 1.165) is 24.7 Å². The molecular weight excluding hydrogens is 450 g/mol. The summed E-state index contributed by atoms with van der Waals surface area (Å²) >= 11 is 0. The molecule has 2 aliphatic rings. The fourth-order valence-electron chi connectivity index (χ4n) is 3.23. The van der Waals surface area contributed by atoms with Crippen LogP contribution in [0.4, 0.5) is 0 Å². The monoisotopic (exact) mass is 486 g/mol. The molecule has 0 amide bonds. The molecule has 0 radical (unpaired) electrons. The van der Waals surface area contributed by atoms with Gasteiger partial charge in [0.1, 0.15) is 0 Å². The van der Waals surface area contributed by atoms with Crippen molar-refractivity contribution in [2.45, 2.75) is 91.9 Å². The van der Waals surface area contributed by atoms with Crippen molar-refractivity contribution in [2.24, 2.45) is 11.8 Å². The van der Waals surface area contributed by atoms with Crippen molar-refractivity contribution in [3.05, 3.63) is 47.6 Å². The summed E-state index contributed by atoms with van der Waals surface area (Å²) in [6.45, 7) is 9.14. The molecule has 0 aromatic carbocycles. The Kier molecular flexibility index (Phi) is 25.1.